The van der Waals surface area contributed by atoms with Crippen LogP contribution in [-0.2, 0) is 4.79 Å². The van der Waals surface area contributed by atoms with Gasteiger partial charge in [-0.25, -0.2) is 0 Å². The van der Waals surface area contributed by atoms with Crippen molar-refractivity contribution in [1.29, 1.82) is 0 Å². The molecular weight excluding hydrogens is 210 g/mol. The van der Waals surface area contributed by atoms with E-state index in [1.807, 2.05) is 6.92 Å². The zero-order chi connectivity index (χ0) is 11.3. The van der Waals surface area contributed by atoms with Gasteiger partial charge in [0.25, 0.3) is 0 Å². The summed E-state index contributed by atoms with van der Waals surface area (Å²) in [5.74, 6) is 0.140. The molecule has 0 aromatic rings. The highest BCUT2D eigenvalue weighted by Crippen LogP contribution is 2.63. The van der Waals surface area contributed by atoms with Crippen molar-refractivity contribution < 1.29 is 4.79 Å². The van der Waals surface area contributed by atoms with E-state index in [9.17, 15) is 4.79 Å². The van der Waals surface area contributed by atoms with E-state index in [1.165, 1.54) is 6.42 Å². The van der Waals surface area contributed by atoms with Crippen molar-refractivity contribution in [2.24, 2.45) is 22.5 Å². The molecule has 0 radical (unpaired) electrons. The Morgan fingerprint density at radius 3 is 2.73 bits per heavy atom. The molecule has 86 valence electrons. The number of primary amides is 1. The van der Waals surface area contributed by atoms with Gasteiger partial charge in [-0.3, -0.25) is 4.79 Å². The lowest BCUT2D eigenvalue weighted by atomic mass is 9.73. The van der Waals surface area contributed by atoms with Gasteiger partial charge in [0.05, 0.1) is 5.41 Å². The first-order chi connectivity index (χ1) is 6.96. The number of hydrogen-bond acceptors (Lipinski definition) is 1. The molecule has 0 unspecified atom stereocenters. The number of alkyl halides is 1. The molecule has 0 aliphatic heterocycles. The average Bonchev–Trinajstić information content (AvgIpc) is 2.35. The normalized spacial score (nSPS) is 49.3. The summed E-state index contributed by atoms with van der Waals surface area (Å²) in [5.41, 5.74) is 5.38. The van der Waals surface area contributed by atoms with Crippen molar-refractivity contribution in [2.45, 2.75) is 51.3 Å². The summed E-state index contributed by atoms with van der Waals surface area (Å²) in [6.07, 6.45) is 5.39. The monoisotopic (exact) mass is 229 g/mol. The second-order valence-corrected chi connectivity index (χ2v) is 6.05. The minimum atomic E-state index is -0.362. The van der Waals surface area contributed by atoms with Crippen LogP contribution >= 0.6 is 11.6 Å². The Morgan fingerprint density at radius 1 is 1.60 bits per heavy atom. The van der Waals surface area contributed by atoms with Crippen LogP contribution in [0.2, 0.25) is 0 Å². The fourth-order valence-corrected chi connectivity index (χ4v) is 4.59. The molecule has 2 rings (SSSR count). The zero-order valence-corrected chi connectivity index (χ0v) is 10.3. The molecule has 2 bridgehead atoms. The lowest BCUT2D eigenvalue weighted by Crippen LogP contribution is -2.39. The van der Waals surface area contributed by atoms with Gasteiger partial charge in [-0.05, 0) is 37.0 Å². The molecule has 2 nitrogen and oxygen atoms in total. The van der Waals surface area contributed by atoms with E-state index in [0.29, 0.717) is 5.92 Å². The van der Waals surface area contributed by atoms with Crippen LogP contribution in [0.15, 0.2) is 0 Å². The van der Waals surface area contributed by atoms with E-state index in [1.54, 1.807) is 0 Å². The fraction of sp³-hybridized carbons (Fsp3) is 0.917. The Labute approximate surface area is 96.5 Å². The van der Waals surface area contributed by atoms with E-state index in [0.717, 1.165) is 25.7 Å². The van der Waals surface area contributed by atoms with Gasteiger partial charge in [-0.15, -0.1) is 11.6 Å². The largest absolute Gasteiger partial charge is 0.369 e. The fourth-order valence-electron chi connectivity index (χ4n) is 3.84. The van der Waals surface area contributed by atoms with E-state index in [-0.39, 0.29) is 22.1 Å². The number of rotatable bonds is 2. The molecule has 3 heteroatoms. The minimum absolute atomic E-state index is 0.147. The van der Waals surface area contributed by atoms with Gasteiger partial charge in [0.2, 0.25) is 5.91 Å². The quantitative estimate of drug-likeness (QED) is 0.727. The van der Waals surface area contributed by atoms with Gasteiger partial charge in [0, 0.05) is 5.38 Å². The first-order valence-electron chi connectivity index (χ1n) is 5.90. The molecule has 0 spiro atoms. The maximum Gasteiger partial charge on any atom is 0.223 e. The van der Waals surface area contributed by atoms with E-state index in [2.05, 4.69) is 6.92 Å². The molecule has 2 aliphatic carbocycles. The van der Waals surface area contributed by atoms with Crippen LogP contribution in [0.1, 0.15) is 46.0 Å². The third-order valence-electron chi connectivity index (χ3n) is 4.93. The van der Waals surface area contributed by atoms with Gasteiger partial charge in [0.15, 0.2) is 0 Å². The van der Waals surface area contributed by atoms with Gasteiger partial charge in [0.1, 0.15) is 0 Å². The van der Waals surface area contributed by atoms with Gasteiger partial charge in [-0.2, -0.15) is 0 Å². The number of fused-ring (bicyclic) bond motifs is 2. The summed E-state index contributed by atoms with van der Waals surface area (Å²) < 4.78 is 0. The third-order valence-corrected chi connectivity index (χ3v) is 5.70. The molecule has 0 aromatic carbocycles. The van der Waals surface area contributed by atoms with E-state index in [4.69, 9.17) is 17.3 Å². The van der Waals surface area contributed by atoms with Crippen LogP contribution in [-0.4, -0.2) is 11.3 Å². The number of amides is 1. The lowest BCUT2D eigenvalue weighted by Gasteiger charge is -2.37. The first kappa shape index (κ1) is 11.3. The molecule has 1 amide bonds. The SMILES string of the molecule is CC[C@@]12CCC[C@@H]([C@H]1Cl)[C@](C)(C(N)=O)C2. The van der Waals surface area contributed by atoms with Crippen molar-refractivity contribution >= 4 is 17.5 Å². The Balaban J connectivity index is 2.39. The number of hydrogen-bond donors (Lipinski definition) is 1. The summed E-state index contributed by atoms with van der Waals surface area (Å²) in [7, 11) is 0. The summed E-state index contributed by atoms with van der Waals surface area (Å²) in [5, 5.41) is 0.147. The predicted octanol–water partition coefficient (Wildman–Crippen LogP) is 2.69. The van der Waals surface area contributed by atoms with E-state index >= 15 is 0 Å². The molecule has 2 fully saturated rings. The Kier molecular flexibility index (Phi) is 2.53. The Morgan fingerprint density at radius 2 is 2.27 bits per heavy atom. The first-order valence-corrected chi connectivity index (χ1v) is 6.34. The smallest absolute Gasteiger partial charge is 0.223 e. The lowest BCUT2D eigenvalue weighted by molar-refractivity contribution is -0.128. The molecule has 2 saturated carbocycles. The highest BCUT2D eigenvalue weighted by atomic mass is 35.5. The van der Waals surface area contributed by atoms with Crippen molar-refractivity contribution in [3.63, 3.8) is 0 Å². The molecular formula is C12H20ClNO. The summed E-state index contributed by atoms with van der Waals surface area (Å²) in [6, 6.07) is 0. The summed E-state index contributed by atoms with van der Waals surface area (Å²) in [4.78, 5) is 11.6. The van der Waals surface area contributed by atoms with Crippen LogP contribution in [0.3, 0.4) is 0 Å². The Hall–Kier alpha value is -0.240. The number of carbonyl (C=O) groups excluding carboxylic acids is 1. The van der Waals surface area contributed by atoms with Crippen LogP contribution in [0.5, 0.6) is 0 Å². The van der Waals surface area contributed by atoms with Crippen molar-refractivity contribution in [2.75, 3.05) is 0 Å². The maximum absolute atomic E-state index is 11.6. The standard InChI is InChI=1S/C12H20ClNO/c1-3-12-6-4-5-8(9(12)13)11(2,7-12)10(14)15/h8-9H,3-7H2,1-2H3,(H2,14,15)/t8-,9+,11+,12-/m0/s1. The predicted molar refractivity (Wildman–Crippen MR) is 61.6 cm³/mol. The molecule has 2 N–H and O–H groups in total. The van der Waals surface area contributed by atoms with Gasteiger partial charge in [-0.1, -0.05) is 20.3 Å². The maximum atomic E-state index is 11.6. The van der Waals surface area contributed by atoms with Gasteiger partial charge < -0.3 is 5.73 Å². The zero-order valence-electron chi connectivity index (χ0n) is 9.55. The highest BCUT2D eigenvalue weighted by molar-refractivity contribution is 6.22. The Bertz CT molecular complexity index is 293. The molecule has 0 aromatic heterocycles. The minimum Gasteiger partial charge on any atom is -0.369 e. The molecule has 0 saturated heterocycles. The number of halogens is 1. The molecule has 15 heavy (non-hydrogen) atoms. The third kappa shape index (κ3) is 1.33. The molecule has 2 aliphatic rings. The highest BCUT2D eigenvalue weighted by Gasteiger charge is 2.61. The second-order valence-electron chi connectivity index (χ2n) is 5.57. The average molecular weight is 230 g/mol. The van der Waals surface area contributed by atoms with Crippen LogP contribution in [0.25, 0.3) is 0 Å². The van der Waals surface area contributed by atoms with Crippen molar-refractivity contribution in [1.82, 2.24) is 0 Å². The molecule has 0 heterocycles. The molecule has 4 atom stereocenters. The summed E-state index contributed by atoms with van der Waals surface area (Å²) in [6.45, 7) is 4.20. The summed E-state index contributed by atoms with van der Waals surface area (Å²) >= 11 is 6.56. The van der Waals surface area contributed by atoms with Crippen molar-refractivity contribution in [3.8, 4) is 0 Å². The number of carbonyl (C=O) groups is 1. The topological polar surface area (TPSA) is 43.1 Å². The van der Waals surface area contributed by atoms with Crippen LogP contribution in [0, 0.1) is 16.7 Å². The van der Waals surface area contributed by atoms with E-state index < -0.39 is 0 Å². The van der Waals surface area contributed by atoms with Crippen molar-refractivity contribution in [3.05, 3.63) is 0 Å². The van der Waals surface area contributed by atoms with Gasteiger partial charge >= 0.3 is 0 Å². The second kappa shape index (κ2) is 3.38. The van der Waals surface area contributed by atoms with Crippen LogP contribution < -0.4 is 5.73 Å². The number of nitrogens with two attached hydrogens (primary N) is 1. The van der Waals surface area contributed by atoms with Crippen LogP contribution in [0.4, 0.5) is 0 Å².